The molecule has 0 aliphatic rings. The van der Waals surface area contributed by atoms with Gasteiger partial charge in [0.05, 0.1) is 33.4 Å². The molecule has 16 rings (SSSR count). The Kier molecular flexibility index (Phi) is 17.3. The number of hydrogen-bond donors (Lipinski definition) is 0. The molecule has 0 aliphatic carbocycles. The Hall–Kier alpha value is -12.6. The van der Waals surface area contributed by atoms with Crippen molar-refractivity contribution in [2.24, 2.45) is 0 Å². The summed E-state index contributed by atoms with van der Waals surface area (Å²) in [6.07, 6.45) is 0. The first-order chi connectivity index (χ1) is 48.9. The fourth-order valence-electron chi connectivity index (χ4n) is 13.3. The van der Waals surface area contributed by atoms with Crippen LogP contribution in [0.25, 0.3) is 134 Å². The predicted molar refractivity (Wildman–Crippen MR) is 414 cm³/mol. The Morgan fingerprint density at radius 1 is 0.182 bits per heavy atom. The lowest BCUT2D eigenvalue weighted by Gasteiger charge is -2.19. The fraction of sp³-hybridized carbons (Fsp3) is 0. The quantitative estimate of drug-likeness (QED) is 0.0673. The number of hydrogen-bond acceptors (Lipinski definition) is 4. The molecule has 0 fully saturated rings. The average Bonchev–Trinajstić information content (AvgIpc) is 0.788. The first kappa shape index (κ1) is 61.3. The van der Waals surface area contributed by atoms with Crippen molar-refractivity contribution in [1.29, 1.82) is 0 Å². The standard InChI is InChI=1S/C94H64N3OP/c98-94(84-60-80(74-41-19-38-71(54-74)65-26-7-1-8-27-65)58-81(61-84)75-42-20-39-72(55-75)66-28-9-2-10-29-66)85-62-82(76-43-21-40-73(56-76)67-30-11-3-12-31-67)59-83(63-85)77-52-53-86(87(64-77)68-32-13-4-14-33-68)78-44-22-45-79(57-78)90-48-25-51-93(97-90)99(91-49-23-46-88(95-91)69-34-15-5-16-35-69)92-50-24-47-89(96-92)70-36-17-6-18-37-70/h1-64H. The summed E-state index contributed by atoms with van der Waals surface area (Å²) in [4.78, 5) is 32.3. The average molecular weight is 1280 g/mol. The highest BCUT2D eigenvalue weighted by Crippen LogP contribution is 2.42. The van der Waals surface area contributed by atoms with Crippen molar-refractivity contribution in [2.75, 3.05) is 0 Å². The van der Waals surface area contributed by atoms with Crippen LogP contribution in [0, 0.1) is 0 Å². The van der Waals surface area contributed by atoms with E-state index in [9.17, 15) is 0 Å². The van der Waals surface area contributed by atoms with Crippen molar-refractivity contribution in [3.63, 3.8) is 0 Å². The van der Waals surface area contributed by atoms with Crippen molar-refractivity contribution in [3.05, 3.63) is 399 Å². The normalized spacial score (nSPS) is 11.2. The lowest BCUT2D eigenvalue weighted by Crippen LogP contribution is -2.27. The summed E-state index contributed by atoms with van der Waals surface area (Å²) in [6, 6.07) is 136. The first-order valence-electron chi connectivity index (χ1n) is 33.4. The highest BCUT2D eigenvalue weighted by atomic mass is 31.1. The van der Waals surface area contributed by atoms with Crippen molar-refractivity contribution >= 4 is 30.0 Å². The van der Waals surface area contributed by atoms with Gasteiger partial charge in [0.25, 0.3) is 0 Å². The highest BCUT2D eigenvalue weighted by Gasteiger charge is 2.24. The Balaban J connectivity index is 0.811. The second-order valence-corrected chi connectivity index (χ2v) is 26.7. The number of ketones is 1. The molecule has 466 valence electrons. The van der Waals surface area contributed by atoms with E-state index in [0.717, 1.165) is 150 Å². The van der Waals surface area contributed by atoms with E-state index in [2.05, 4.69) is 358 Å². The molecule has 4 nitrogen and oxygen atoms in total. The van der Waals surface area contributed by atoms with E-state index in [1.165, 1.54) is 0 Å². The van der Waals surface area contributed by atoms with Gasteiger partial charge in [-0.05, 0) is 203 Å². The molecular formula is C94H64N3OP. The van der Waals surface area contributed by atoms with E-state index in [-0.39, 0.29) is 5.78 Å². The van der Waals surface area contributed by atoms with Gasteiger partial charge in [0.1, 0.15) is 0 Å². The van der Waals surface area contributed by atoms with Gasteiger partial charge in [0.15, 0.2) is 5.78 Å². The van der Waals surface area contributed by atoms with Crippen LogP contribution in [0.5, 0.6) is 0 Å². The summed E-state index contributed by atoms with van der Waals surface area (Å²) in [6.45, 7) is 0. The molecule has 5 heteroatoms. The molecule has 16 aromatic rings. The monoisotopic (exact) mass is 1280 g/mol. The van der Waals surface area contributed by atoms with Crippen molar-refractivity contribution < 1.29 is 4.79 Å². The van der Waals surface area contributed by atoms with Crippen LogP contribution in [0.15, 0.2) is 388 Å². The van der Waals surface area contributed by atoms with Crippen LogP contribution in [0.4, 0.5) is 0 Å². The number of rotatable bonds is 17. The van der Waals surface area contributed by atoms with E-state index in [4.69, 9.17) is 15.0 Å². The van der Waals surface area contributed by atoms with Crippen LogP contribution >= 0.6 is 7.92 Å². The van der Waals surface area contributed by atoms with Gasteiger partial charge in [-0.1, -0.05) is 285 Å². The minimum absolute atomic E-state index is 0.0743. The van der Waals surface area contributed by atoms with E-state index in [1.807, 2.05) is 30.3 Å². The summed E-state index contributed by atoms with van der Waals surface area (Å²) < 4.78 is 0. The lowest BCUT2D eigenvalue weighted by atomic mass is 9.87. The van der Waals surface area contributed by atoms with Gasteiger partial charge in [-0.2, -0.15) is 0 Å². The van der Waals surface area contributed by atoms with Crippen LogP contribution in [0.3, 0.4) is 0 Å². The number of carbonyl (C=O) groups is 1. The maximum atomic E-state index is 16.0. The van der Waals surface area contributed by atoms with Gasteiger partial charge in [-0.15, -0.1) is 0 Å². The number of benzene rings is 13. The largest absolute Gasteiger partial charge is 0.289 e. The zero-order chi connectivity index (χ0) is 66.3. The number of carbonyl (C=O) groups excluding carboxylic acids is 1. The van der Waals surface area contributed by atoms with Gasteiger partial charge in [-0.3, -0.25) is 4.79 Å². The Bertz CT molecular complexity index is 5390. The molecule has 0 aliphatic heterocycles. The summed E-state index contributed by atoms with van der Waals surface area (Å²) in [5.74, 6) is -0.0743. The molecule has 0 unspecified atom stereocenters. The second-order valence-electron chi connectivity index (χ2n) is 24.7. The Morgan fingerprint density at radius 2 is 0.444 bits per heavy atom. The molecule has 0 radical (unpaired) electrons. The highest BCUT2D eigenvalue weighted by molar-refractivity contribution is 7.79. The van der Waals surface area contributed by atoms with Gasteiger partial charge in [-0.25, -0.2) is 15.0 Å². The fourth-order valence-corrected chi connectivity index (χ4v) is 15.3. The zero-order valence-electron chi connectivity index (χ0n) is 54.1. The lowest BCUT2D eigenvalue weighted by molar-refractivity contribution is 0.103. The third-order valence-electron chi connectivity index (χ3n) is 18.2. The summed E-state index contributed by atoms with van der Waals surface area (Å²) in [5.41, 5.74) is 28.4. The maximum Gasteiger partial charge on any atom is 0.193 e. The van der Waals surface area contributed by atoms with E-state index in [1.54, 1.807) is 0 Å². The number of aromatic nitrogens is 3. The minimum atomic E-state index is -1.32. The predicted octanol–water partition coefficient (Wildman–Crippen LogP) is 22.9. The van der Waals surface area contributed by atoms with Gasteiger partial charge < -0.3 is 0 Å². The third-order valence-corrected chi connectivity index (χ3v) is 20.4. The van der Waals surface area contributed by atoms with Gasteiger partial charge in [0.2, 0.25) is 0 Å². The third kappa shape index (κ3) is 13.4. The number of pyridine rings is 3. The molecule has 3 heterocycles. The molecule has 99 heavy (non-hydrogen) atoms. The van der Waals surface area contributed by atoms with Crippen LogP contribution in [0.2, 0.25) is 0 Å². The molecule has 0 bridgehead atoms. The van der Waals surface area contributed by atoms with E-state index in [0.29, 0.717) is 11.1 Å². The van der Waals surface area contributed by atoms with Crippen molar-refractivity contribution in [1.82, 2.24) is 15.0 Å². The van der Waals surface area contributed by atoms with Crippen LogP contribution in [-0.4, -0.2) is 20.7 Å². The molecule has 0 atom stereocenters. The molecule has 0 N–H and O–H groups in total. The zero-order valence-corrected chi connectivity index (χ0v) is 55.0. The van der Waals surface area contributed by atoms with E-state index < -0.39 is 7.92 Å². The Labute approximate surface area is 579 Å². The van der Waals surface area contributed by atoms with Crippen molar-refractivity contribution in [2.45, 2.75) is 0 Å². The first-order valence-corrected chi connectivity index (χ1v) is 34.7. The molecule has 13 aromatic carbocycles. The van der Waals surface area contributed by atoms with Crippen LogP contribution in [0.1, 0.15) is 15.9 Å². The summed E-state index contributed by atoms with van der Waals surface area (Å²) in [7, 11) is -1.32. The summed E-state index contributed by atoms with van der Waals surface area (Å²) >= 11 is 0. The molecule has 3 aromatic heterocycles. The molecule has 0 spiro atoms. The number of nitrogens with zero attached hydrogens (tertiary/aromatic N) is 3. The Morgan fingerprint density at radius 3 is 0.818 bits per heavy atom. The molecule has 0 amide bonds. The van der Waals surface area contributed by atoms with E-state index >= 15 is 4.79 Å². The van der Waals surface area contributed by atoms with Gasteiger partial charge >= 0.3 is 0 Å². The van der Waals surface area contributed by atoms with Crippen LogP contribution in [-0.2, 0) is 0 Å². The van der Waals surface area contributed by atoms with Gasteiger partial charge in [0, 0.05) is 35.7 Å². The maximum absolute atomic E-state index is 16.0. The second kappa shape index (κ2) is 28.0. The van der Waals surface area contributed by atoms with Crippen molar-refractivity contribution in [3.8, 4) is 134 Å². The summed E-state index contributed by atoms with van der Waals surface area (Å²) in [5, 5.41) is 0. The molecule has 0 saturated carbocycles. The topological polar surface area (TPSA) is 55.7 Å². The van der Waals surface area contributed by atoms with Crippen LogP contribution < -0.4 is 16.3 Å². The minimum Gasteiger partial charge on any atom is -0.289 e. The SMILES string of the molecule is O=C(c1cc(-c2cccc(-c3ccccc3)c2)cc(-c2cccc(-c3ccccc3)c2)c1)c1cc(-c2cccc(-c3ccccc3)c2)cc(-c2ccc(-c3cccc(-c4cccc(P(c5cccc(-c6ccccc6)n5)c5cccc(-c6ccccc6)n5)n4)c3)c(-c3ccccc3)c2)c1. The molecular weight excluding hydrogens is 1220 g/mol. The molecule has 0 saturated heterocycles. The smallest absolute Gasteiger partial charge is 0.193 e.